The zero-order valence-electron chi connectivity index (χ0n) is 53.0. The fraction of sp³-hybridized carbons (Fsp3) is 0.500. The number of piperidine rings is 1. The topological polar surface area (TPSA) is 322 Å². The third kappa shape index (κ3) is 21.2. The molecule has 1 aliphatic heterocycles. The second-order valence-electron chi connectivity index (χ2n) is 23.9. The first-order chi connectivity index (χ1) is 43.4. The van der Waals surface area contributed by atoms with Gasteiger partial charge >= 0.3 is 18.0 Å². The van der Waals surface area contributed by atoms with Gasteiger partial charge < -0.3 is 51.8 Å². The van der Waals surface area contributed by atoms with E-state index in [-0.39, 0.29) is 62.2 Å². The molecule has 0 radical (unpaired) electrons. The summed E-state index contributed by atoms with van der Waals surface area (Å²) in [6.07, 6.45) is 7.47. The number of unbranched alkanes of at least 4 members (excludes halogenated alkanes) is 1. The number of hydroxylamine groups is 2. The maximum absolute atomic E-state index is 14.9. The van der Waals surface area contributed by atoms with Crippen molar-refractivity contribution in [3.8, 4) is 23.5 Å². The van der Waals surface area contributed by atoms with E-state index < -0.39 is 115 Å². The number of carbonyl (C=O) groups excluding carboxylic acids is 9. The number of anilines is 2. The summed E-state index contributed by atoms with van der Waals surface area (Å²) in [6, 6.07) is 21.4. The molecule has 1 aliphatic carbocycles. The quantitative estimate of drug-likeness (QED) is 0.00811. The molecule has 0 spiro atoms. The molecule has 0 saturated carbocycles. The smallest absolute Gasteiger partial charge is 0.407 e. The number of esters is 1. The number of carboxylic acids is 1. The molecular formula is C66H86N10O14S. The number of fused-ring (bicyclic) bond motifs is 3. The molecule has 6 rings (SSSR count). The van der Waals surface area contributed by atoms with E-state index in [9.17, 15) is 53.1 Å². The highest BCUT2D eigenvalue weighted by molar-refractivity contribution is 7.10. The van der Waals surface area contributed by atoms with Crippen molar-refractivity contribution in [3.05, 3.63) is 99.9 Å². The number of carboxylic acid groups (broad SMARTS) is 1. The van der Waals surface area contributed by atoms with Crippen molar-refractivity contribution in [3.63, 3.8) is 0 Å². The van der Waals surface area contributed by atoms with Crippen LogP contribution in [0, 0.1) is 41.4 Å². The number of terminal acetylenes is 1. The average molecular weight is 1280 g/mol. The van der Waals surface area contributed by atoms with Crippen molar-refractivity contribution in [2.75, 3.05) is 63.6 Å². The maximum atomic E-state index is 14.9. The molecule has 6 atom stereocenters. The molecule has 2 aliphatic rings. The molecule has 8 N–H and O–H groups in total. The number of ether oxygens (including phenoxy) is 2. The fourth-order valence-corrected chi connectivity index (χ4v) is 11.6. The Morgan fingerprint density at radius 1 is 0.813 bits per heavy atom. The molecule has 1 saturated heterocycles. The summed E-state index contributed by atoms with van der Waals surface area (Å²) >= 11 is 1.10. The van der Waals surface area contributed by atoms with Gasteiger partial charge in [0.1, 0.15) is 29.9 Å². The van der Waals surface area contributed by atoms with Gasteiger partial charge in [-0.3, -0.25) is 52.9 Å². The van der Waals surface area contributed by atoms with E-state index in [2.05, 4.69) is 53.0 Å². The molecule has 2 heterocycles. The zero-order chi connectivity index (χ0) is 66.4. The Kier molecular flexibility index (Phi) is 27.0. The predicted octanol–water partition coefficient (Wildman–Crippen LogP) is 6.68. The highest BCUT2D eigenvalue weighted by Gasteiger charge is 2.42. The van der Waals surface area contributed by atoms with Crippen LogP contribution in [0.3, 0.4) is 0 Å². The lowest BCUT2D eigenvalue weighted by Gasteiger charge is -2.38. The third-order valence-electron chi connectivity index (χ3n) is 16.1. The van der Waals surface area contributed by atoms with E-state index in [4.69, 9.17) is 20.7 Å². The van der Waals surface area contributed by atoms with E-state index in [1.807, 2.05) is 83.3 Å². The van der Waals surface area contributed by atoms with Crippen LogP contribution < -0.4 is 37.2 Å². The van der Waals surface area contributed by atoms with Crippen molar-refractivity contribution in [1.29, 1.82) is 0 Å². The Balaban J connectivity index is 0.997. The third-order valence-corrected chi connectivity index (χ3v) is 17.1. The average Bonchev–Trinajstić information content (AvgIpc) is 1.66. The van der Waals surface area contributed by atoms with Gasteiger partial charge in [0.15, 0.2) is 6.10 Å². The molecule has 0 unspecified atom stereocenters. The summed E-state index contributed by atoms with van der Waals surface area (Å²) in [5, 5.41) is 31.3. The summed E-state index contributed by atoms with van der Waals surface area (Å²) in [5.74, 6) is -6.10. The Hall–Kier alpha value is -8.73. The molecule has 3 aromatic carbocycles. The number of nitrogens with one attached hydrogen (secondary N) is 7. The van der Waals surface area contributed by atoms with Crippen LogP contribution in [0.2, 0.25) is 0 Å². The lowest BCUT2D eigenvalue weighted by molar-refractivity contribution is -0.215. The predicted molar refractivity (Wildman–Crippen MR) is 341 cm³/mol. The summed E-state index contributed by atoms with van der Waals surface area (Å²) in [7, 11) is 1.94. The number of carbonyl (C=O) groups is 10. The van der Waals surface area contributed by atoms with Gasteiger partial charge in [-0.2, -0.15) is 0 Å². The maximum Gasteiger partial charge on any atom is 0.407 e. The minimum absolute atomic E-state index is 0.000753. The van der Waals surface area contributed by atoms with Gasteiger partial charge in [-0.1, -0.05) is 94.8 Å². The second-order valence-corrected chi connectivity index (χ2v) is 24.8. The Morgan fingerprint density at radius 2 is 1.42 bits per heavy atom. The molecule has 91 heavy (non-hydrogen) atoms. The van der Waals surface area contributed by atoms with Crippen LogP contribution in [0.4, 0.5) is 16.3 Å². The normalized spacial score (nSPS) is 15.4. The van der Waals surface area contributed by atoms with Crippen LogP contribution in [0.15, 0.2) is 78.2 Å². The summed E-state index contributed by atoms with van der Waals surface area (Å²) in [4.78, 5) is 144. The van der Waals surface area contributed by atoms with E-state index in [1.165, 1.54) is 25.8 Å². The van der Waals surface area contributed by atoms with Crippen molar-refractivity contribution in [2.45, 2.75) is 130 Å². The first-order valence-corrected chi connectivity index (χ1v) is 31.6. The van der Waals surface area contributed by atoms with E-state index in [0.717, 1.165) is 59.4 Å². The van der Waals surface area contributed by atoms with Gasteiger partial charge in [0, 0.05) is 42.7 Å². The lowest BCUT2D eigenvalue weighted by Crippen LogP contribution is -2.55. The molecular weight excluding hydrogens is 1190 g/mol. The SMILES string of the molecule is C#CCCCON(C(=O)[C@H](C(=O)N[C@H]1CCCCN1C)[C@@H](C)CC)[C@H](C[C@@H](OC(C)=O)c1nc(NC(=O)[C@@H](Cc2ccc(NC(=O)CNC(=O)CNC(=O)CNC(=O)CNC(=O)OCC3c4ccccc4-c4ccccc43)cc2)CC(C)(C)C(=O)O)cs1)C(C)C. The molecule has 490 valence electrons. The van der Waals surface area contributed by atoms with Crippen molar-refractivity contribution >= 4 is 82.2 Å². The molecule has 1 aromatic heterocycles. The van der Waals surface area contributed by atoms with Crippen LogP contribution >= 0.6 is 11.3 Å². The molecule has 25 heteroatoms. The zero-order valence-corrected chi connectivity index (χ0v) is 53.8. The van der Waals surface area contributed by atoms with E-state index in [0.29, 0.717) is 35.5 Å². The highest BCUT2D eigenvalue weighted by Crippen LogP contribution is 2.44. The molecule has 1 fully saturated rings. The van der Waals surface area contributed by atoms with Crippen LogP contribution in [-0.2, 0) is 63.9 Å². The highest BCUT2D eigenvalue weighted by atomic mass is 32.1. The van der Waals surface area contributed by atoms with Crippen LogP contribution in [0.1, 0.15) is 134 Å². The van der Waals surface area contributed by atoms with Crippen molar-refractivity contribution in [1.82, 2.24) is 41.5 Å². The molecule has 4 aromatic rings. The molecule has 8 amide bonds. The minimum Gasteiger partial charge on any atom is -0.481 e. The number of aromatic nitrogens is 1. The first kappa shape index (κ1) is 71.3. The number of hydrogen-bond acceptors (Lipinski definition) is 16. The molecule has 0 bridgehead atoms. The number of nitrogens with zero attached hydrogens (tertiary/aromatic N) is 3. The van der Waals surface area contributed by atoms with Crippen LogP contribution in [-0.4, -0.2) is 145 Å². The van der Waals surface area contributed by atoms with Gasteiger partial charge in [0.05, 0.1) is 43.9 Å². The van der Waals surface area contributed by atoms with Gasteiger partial charge in [0.25, 0.3) is 5.91 Å². The van der Waals surface area contributed by atoms with Crippen molar-refractivity contribution in [2.24, 2.45) is 29.1 Å². The molecule has 24 nitrogen and oxygen atoms in total. The number of alkyl carbamates (subject to hydrolysis) is 1. The number of aliphatic carboxylic acids is 1. The standard InChI is InChI=1S/C66H86N10O14S/c1-10-12-19-30-89-76(63(84)59(41(5)11-2)61(83)74-54-24-17-18-29-75(54)9)51(40(3)4)32-52(90-42(6)77)62-73-53(39-91-62)72-60(82)44(33-66(7,8)64(85)86)31-43-25-27-45(28-26-43)71-58(81)37-69-56(79)35-67-55(78)34-68-57(80)36-70-65(87)88-38-50-48-22-15-13-20-46(48)47-21-14-16-23-49(47)50/h1,13-16,20-23,25-28,39-41,44,50-52,54,59H,11-12,17-19,24,29-38H2,2-9H3,(H,67,78)(H,68,80)(H,69,79)(H,70,87)(H,71,81)(H,72,82)(H,74,83)(H,85,86)/t41-,44-,51+,52+,54+,59-/m0/s1. The van der Waals surface area contributed by atoms with E-state index in [1.54, 1.807) is 29.6 Å². The first-order valence-electron chi connectivity index (χ1n) is 30.7. The minimum atomic E-state index is -1.35. The van der Waals surface area contributed by atoms with E-state index >= 15 is 0 Å². The van der Waals surface area contributed by atoms with Gasteiger partial charge in [-0.25, -0.2) is 14.8 Å². The summed E-state index contributed by atoms with van der Waals surface area (Å²) in [5.41, 5.74) is 3.82. The second kappa shape index (κ2) is 34.5. The number of rotatable bonds is 33. The van der Waals surface area contributed by atoms with Crippen molar-refractivity contribution < 1.29 is 67.4 Å². The number of amides is 8. The fourth-order valence-electron chi connectivity index (χ4n) is 10.8. The monoisotopic (exact) mass is 1270 g/mol. The number of benzene rings is 3. The van der Waals surface area contributed by atoms with Gasteiger partial charge in [-0.05, 0) is 118 Å². The number of thiazole rings is 1. The van der Waals surface area contributed by atoms with Crippen LogP contribution in [0.25, 0.3) is 11.1 Å². The summed E-state index contributed by atoms with van der Waals surface area (Å²) in [6.45, 7) is 10.8. The Morgan fingerprint density at radius 3 is 1.99 bits per heavy atom. The Labute approximate surface area is 535 Å². The lowest BCUT2D eigenvalue weighted by atomic mass is 9.80. The largest absolute Gasteiger partial charge is 0.481 e. The van der Waals surface area contributed by atoms with Crippen LogP contribution in [0.5, 0.6) is 0 Å². The van der Waals surface area contributed by atoms with Gasteiger partial charge in [0.2, 0.25) is 35.4 Å². The number of likely N-dealkylation sites (tertiary alicyclic amines) is 1. The Bertz CT molecular complexity index is 3210. The summed E-state index contributed by atoms with van der Waals surface area (Å²) < 4.78 is 11.3. The van der Waals surface area contributed by atoms with Gasteiger partial charge in [-0.15, -0.1) is 23.7 Å². The number of hydrogen-bond donors (Lipinski definition) is 8.